The molecule has 0 bridgehead atoms. The highest BCUT2D eigenvalue weighted by molar-refractivity contribution is 5.87. The Morgan fingerprint density at radius 1 is 1.04 bits per heavy atom. The van der Waals surface area contributed by atoms with E-state index in [1.807, 2.05) is 38.1 Å². The molecule has 0 unspecified atom stereocenters. The number of nitrogens with one attached hydrogen (secondary N) is 1. The fraction of sp³-hybridized carbons (Fsp3) is 0.368. The van der Waals surface area contributed by atoms with Gasteiger partial charge in [-0.15, -0.1) is 0 Å². The monoisotopic (exact) mass is 313 g/mol. The number of hydrogen-bond donors (Lipinski definition) is 1. The van der Waals surface area contributed by atoms with Gasteiger partial charge >= 0.3 is 5.97 Å². The predicted molar refractivity (Wildman–Crippen MR) is 90.9 cm³/mol. The first-order valence-electron chi connectivity index (χ1n) is 7.85. The van der Waals surface area contributed by atoms with E-state index in [1.54, 1.807) is 0 Å². The zero-order chi connectivity index (χ0) is 16.8. The molecule has 0 spiro atoms. The van der Waals surface area contributed by atoms with Gasteiger partial charge in [-0.2, -0.15) is 0 Å². The summed E-state index contributed by atoms with van der Waals surface area (Å²) in [6.07, 6.45) is 0.566. The highest BCUT2D eigenvalue weighted by Crippen LogP contribution is 2.24. The van der Waals surface area contributed by atoms with E-state index in [4.69, 9.17) is 0 Å². The number of benzene rings is 2. The van der Waals surface area contributed by atoms with Gasteiger partial charge in [0.25, 0.3) is 0 Å². The molecule has 122 valence electrons. The molecule has 0 aliphatic carbocycles. The van der Waals surface area contributed by atoms with Gasteiger partial charge in [-0.05, 0) is 29.2 Å². The molecular formula is C19H23NO3. The molecule has 0 fully saturated rings. The van der Waals surface area contributed by atoms with Gasteiger partial charge in [-0.25, -0.2) is 0 Å². The zero-order valence-corrected chi connectivity index (χ0v) is 13.8. The highest BCUT2D eigenvalue weighted by Gasteiger charge is 2.16. The summed E-state index contributed by atoms with van der Waals surface area (Å²) in [4.78, 5) is 23.4. The van der Waals surface area contributed by atoms with Gasteiger partial charge in [-0.3, -0.25) is 9.59 Å². The number of ether oxygens (including phenoxy) is 1. The molecule has 4 nitrogen and oxygen atoms in total. The molecule has 2 rings (SSSR count). The first-order valence-corrected chi connectivity index (χ1v) is 7.85. The lowest BCUT2D eigenvalue weighted by Crippen LogP contribution is -2.28. The van der Waals surface area contributed by atoms with Gasteiger partial charge < -0.3 is 10.1 Å². The van der Waals surface area contributed by atoms with Gasteiger partial charge in [-0.1, -0.05) is 49.4 Å². The number of hydrogen-bond acceptors (Lipinski definition) is 3. The van der Waals surface area contributed by atoms with Crippen LogP contribution in [0.4, 0.5) is 0 Å². The van der Waals surface area contributed by atoms with Crippen LogP contribution in [-0.4, -0.2) is 19.0 Å². The van der Waals surface area contributed by atoms with Gasteiger partial charge in [0.15, 0.2) is 0 Å². The van der Waals surface area contributed by atoms with Crippen LogP contribution < -0.4 is 5.32 Å². The molecule has 0 aliphatic rings. The number of esters is 1. The van der Waals surface area contributed by atoms with Crippen LogP contribution in [0.2, 0.25) is 0 Å². The Morgan fingerprint density at radius 2 is 1.74 bits per heavy atom. The third kappa shape index (κ3) is 4.55. The molecule has 2 aromatic carbocycles. The Labute approximate surface area is 136 Å². The van der Waals surface area contributed by atoms with Crippen molar-refractivity contribution in [2.75, 3.05) is 7.11 Å². The second kappa shape index (κ2) is 7.77. The molecule has 23 heavy (non-hydrogen) atoms. The summed E-state index contributed by atoms with van der Waals surface area (Å²) in [6.45, 7) is 3.85. The molecule has 1 amide bonds. The summed E-state index contributed by atoms with van der Waals surface area (Å²) in [7, 11) is 1.36. The third-order valence-electron chi connectivity index (χ3n) is 3.94. The van der Waals surface area contributed by atoms with Crippen molar-refractivity contribution in [3.63, 3.8) is 0 Å². The molecule has 2 aromatic rings. The van der Waals surface area contributed by atoms with E-state index in [-0.39, 0.29) is 30.3 Å². The van der Waals surface area contributed by atoms with Crippen LogP contribution in [-0.2, 0) is 14.3 Å². The quantitative estimate of drug-likeness (QED) is 0.829. The second-order valence-corrected chi connectivity index (χ2v) is 5.95. The van der Waals surface area contributed by atoms with Crippen LogP contribution in [0.5, 0.6) is 0 Å². The van der Waals surface area contributed by atoms with E-state index >= 15 is 0 Å². The molecule has 0 saturated heterocycles. The summed E-state index contributed by atoms with van der Waals surface area (Å²) in [5, 5.41) is 5.32. The summed E-state index contributed by atoms with van der Waals surface area (Å²) in [5.74, 6) is -0.378. The van der Waals surface area contributed by atoms with Gasteiger partial charge in [0, 0.05) is 12.8 Å². The summed E-state index contributed by atoms with van der Waals surface area (Å²) in [6, 6.07) is 14.1. The molecule has 0 aliphatic heterocycles. The molecule has 2 atom stereocenters. The fourth-order valence-corrected chi connectivity index (χ4v) is 2.76. The Hall–Kier alpha value is -2.36. The molecule has 0 saturated carbocycles. The van der Waals surface area contributed by atoms with Crippen LogP contribution in [0.25, 0.3) is 10.8 Å². The maximum Gasteiger partial charge on any atom is 0.305 e. The third-order valence-corrected chi connectivity index (χ3v) is 3.94. The van der Waals surface area contributed by atoms with Crippen molar-refractivity contribution < 1.29 is 14.3 Å². The predicted octanol–water partition coefficient (Wildman–Crippen LogP) is 3.61. The molecular weight excluding hydrogens is 290 g/mol. The minimum Gasteiger partial charge on any atom is -0.469 e. The van der Waals surface area contributed by atoms with Crippen LogP contribution >= 0.6 is 0 Å². The second-order valence-electron chi connectivity index (χ2n) is 5.95. The number of methoxy groups -OCH3 is 1. The summed E-state index contributed by atoms with van der Waals surface area (Å²) in [5.41, 5.74) is 1.09. The van der Waals surface area contributed by atoms with Crippen LogP contribution in [0.15, 0.2) is 42.5 Å². The minimum atomic E-state index is -0.285. The SMILES string of the molecule is COC(=O)C[C@@H](C)CC(=O)N[C@H](C)c1cccc2ccccc12. The first-order chi connectivity index (χ1) is 11.0. The molecule has 4 heteroatoms. The topological polar surface area (TPSA) is 55.4 Å². The van der Waals surface area contributed by atoms with E-state index in [0.29, 0.717) is 6.42 Å². The Bertz CT molecular complexity index is 691. The largest absolute Gasteiger partial charge is 0.469 e. The van der Waals surface area contributed by atoms with E-state index in [2.05, 4.69) is 28.3 Å². The van der Waals surface area contributed by atoms with Crippen LogP contribution in [0, 0.1) is 5.92 Å². The standard InChI is InChI=1S/C19H23NO3/c1-13(12-19(22)23-3)11-18(21)20-14(2)16-10-6-8-15-7-4-5-9-17(15)16/h4-10,13-14H,11-12H2,1-3H3,(H,20,21)/t13-,14+/m0/s1. The van der Waals surface area contributed by atoms with Crippen molar-refractivity contribution in [1.29, 1.82) is 0 Å². The van der Waals surface area contributed by atoms with Crippen molar-refractivity contribution in [3.05, 3.63) is 48.0 Å². The molecule has 0 heterocycles. The Balaban J connectivity index is 2.02. The Morgan fingerprint density at radius 3 is 2.48 bits per heavy atom. The minimum absolute atomic E-state index is 0.0397. The lowest BCUT2D eigenvalue weighted by molar-refractivity contribution is -0.141. The van der Waals surface area contributed by atoms with Crippen molar-refractivity contribution >= 4 is 22.6 Å². The van der Waals surface area contributed by atoms with E-state index < -0.39 is 0 Å². The Kier molecular flexibility index (Phi) is 5.74. The molecule has 0 radical (unpaired) electrons. The molecule has 0 aromatic heterocycles. The van der Waals surface area contributed by atoms with Gasteiger partial charge in [0.1, 0.15) is 0 Å². The fourth-order valence-electron chi connectivity index (χ4n) is 2.76. The van der Waals surface area contributed by atoms with Gasteiger partial charge in [0.05, 0.1) is 13.2 Å². The zero-order valence-electron chi connectivity index (χ0n) is 13.8. The van der Waals surface area contributed by atoms with Crippen molar-refractivity contribution in [3.8, 4) is 0 Å². The summed E-state index contributed by atoms with van der Waals surface area (Å²) < 4.78 is 4.63. The van der Waals surface area contributed by atoms with E-state index in [9.17, 15) is 9.59 Å². The van der Waals surface area contributed by atoms with Crippen molar-refractivity contribution in [1.82, 2.24) is 5.32 Å². The lowest BCUT2D eigenvalue weighted by atomic mass is 9.99. The normalized spacial score (nSPS) is 13.3. The van der Waals surface area contributed by atoms with Gasteiger partial charge in [0.2, 0.25) is 5.91 Å². The smallest absolute Gasteiger partial charge is 0.305 e. The molecule has 1 N–H and O–H groups in total. The first kappa shape index (κ1) is 17.0. The maximum atomic E-state index is 12.2. The van der Waals surface area contributed by atoms with Crippen molar-refractivity contribution in [2.24, 2.45) is 5.92 Å². The number of fused-ring (bicyclic) bond motifs is 1. The number of carbonyl (C=O) groups excluding carboxylic acids is 2. The van der Waals surface area contributed by atoms with Crippen LogP contribution in [0.3, 0.4) is 0 Å². The highest BCUT2D eigenvalue weighted by atomic mass is 16.5. The van der Waals surface area contributed by atoms with Crippen LogP contribution in [0.1, 0.15) is 38.3 Å². The van der Waals surface area contributed by atoms with Crippen molar-refractivity contribution in [2.45, 2.75) is 32.7 Å². The van der Waals surface area contributed by atoms with E-state index in [0.717, 1.165) is 16.3 Å². The number of amides is 1. The number of rotatable bonds is 6. The maximum absolute atomic E-state index is 12.2. The van der Waals surface area contributed by atoms with E-state index in [1.165, 1.54) is 7.11 Å². The average molecular weight is 313 g/mol. The average Bonchev–Trinajstić information content (AvgIpc) is 2.53. The lowest BCUT2D eigenvalue weighted by Gasteiger charge is -2.18. The number of carbonyl (C=O) groups is 2. The summed E-state index contributed by atoms with van der Waals surface area (Å²) >= 11 is 0.